The zero-order valence-corrected chi connectivity index (χ0v) is 12.1. The first-order valence-electron chi connectivity index (χ1n) is 6.82. The molecule has 3 N–H and O–H groups in total. The Bertz CT molecular complexity index is 387. The summed E-state index contributed by atoms with van der Waals surface area (Å²) in [6, 6.07) is 7.33. The van der Waals surface area contributed by atoms with Gasteiger partial charge in [-0.3, -0.25) is 10.3 Å². The van der Waals surface area contributed by atoms with Crippen LogP contribution >= 0.6 is 0 Å². The summed E-state index contributed by atoms with van der Waals surface area (Å²) in [4.78, 5) is 2.38. The van der Waals surface area contributed by atoms with Gasteiger partial charge in [0.05, 0.1) is 0 Å². The molecule has 0 aliphatic rings. The van der Waals surface area contributed by atoms with Crippen LogP contribution in [-0.2, 0) is 0 Å². The van der Waals surface area contributed by atoms with E-state index in [1.54, 1.807) is 0 Å². The third-order valence-electron chi connectivity index (χ3n) is 2.91. The van der Waals surface area contributed by atoms with Crippen molar-refractivity contribution in [1.82, 2.24) is 4.90 Å². The fourth-order valence-corrected chi connectivity index (χ4v) is 1.92. The number of rotatable bonds is 8. The van der Waals surface area contributed by atoms with E-state index in [2.05, 4.69) is 25.7 Å². The van der Waals surface area contributed by atoms with Crippen LogP contribution in [0.25, 0.3) is 0 Å². The number of hydrogen-bond acceptors (Lipinski definition) is 3. The number of nitrogens with one attached hydrogen (secondary N) is 1. The van der Waals surface area contributed by atoms with Gasteiger partial charge in [-0.1, -0.05) is 20.8 Å². The average Bonchev–Trinajstić information content (AvgIpc) is 2.37. The first kappa shape index (κ1) is 15.5. The Morgan fingerprint density at radius 3 is 2.42 bits per heavy atom. The summed E-state index contributed by atoms with van der Waals surface area (Å²) in [6.07, 6.45) is 0. The number of likely N-dealkylation sites (N-methyl/N-ethyl adjacent to an activating group) is 1. The predicted octanol–water partition coefficient (Wildman–Crippen LogP) is 2.33. The fourth-order valence-electron chi connectivity index (χ4n) is 1.92. The Labute approximate surface area is 116 Å². The SMILES string of the molecule is CCN(CCOc1ccc(C(=N)N)cc1)CC(C)C. The number of nitrogen functional groups attached to an aromatic ring is 1. The molecule has 0 amide bonds. The smallest absolute Gasteiger partial charge is 0.122 e. The van der Waals surface area contributed by atoms with Crippen LogP contribution in [0.5, 0.6) is 5.75 Å². The minimum atomic E-state index is 0.0839. The van der Waals surface area contributed by atoms with Gasteiger partial charge >= 0.3 is 0 Å². The van der Waals surface area contributed by atoms with Crippen LogP contribution in [0.3, 0.4) is 0 Å². The number of benzene rings is 1. The maximum Gasteiger partial charge on any atom is 0.122 e. The maximum atomic E-state index is 7.32. The van der Waals surface area contributed by atoms with Crippen molar-refractivity contribution in [2.24, 2.45) is 11.7 Å². The molecular formula is C15H25N3O. The molecule has 1 rings (SSSR count). The average molecular weight is 263 g/mol. The molecule has 0 atom stereocenters. The summed E-state index contributed by atoms with van der Waals surface area (Å²) in [7, 11) is 0. The monoisotopic (exact) mass is 263 g/mol. The number of nitrogens with zero attached hydrogens (tertiary/aromatic N) is 1. The second kappa shape index (κ2) is 7.79. The molecule has 0 aromatic heterocycles. The molecule has 4 heteroatoms. The van der Waals surface area contributed by atoms with Crippen LogP contribution in [0, 0.1) is 11.3 Å². The molecule has 19 heavy (non-hydrogen) atoms. The molecule has 0 aliphatic carbocycles. The van der Waals surface area contributed by atoms with Crippen molar-refractivity contribution < 1.29 is 4.74 Å². The van der Waals surface area contributed by atoms with Crippen LogP contribution in [0.1, 0.15) is 26.3 Å². The van der Waals surface area contributed by atoms with Crippen molar-refractivity contribution in [2.75, 3.05) is 26.2 Å². The standard InChI is InChI=1S/C15H25N3O/c1-4-18(11-12(2)3)9-10-19-14-7-5-13(6-8-14)15(16)17/h5-8,12H,4,9-11H2,1-3H3,(H3,16,17). The highest BCUT2D eigenvalue weighted by atomic mass is 16.5. The highest BCUT2D eigenvalue weighted by Crippen LogP contribution is 2.11. The van der Waals surface area contributed by atoms with E-state index in [1.807, 2.05) is 24.3 Å². The number of hydrogen-bond donors (Lipinski definition) is 2. The van der Waals surface area contributed by atoms with E-state index in [-0.39, 0.29) is 5.84 Å². The summed E-state index contributed by atoms with van der Waals surface area (Å²) < 4.78 is 5.70. The van der Waals surface area contributed by atoms with E-state index in [1.165, 1.54) is 0 Å². The van der Waals surface area contributed by atoms with Gasteiger partial charge in [0.1, 0.15) is 18.2 Å². The van der Waals surface area contributed by atoms with Gasteiger partial charge in [0, 0.05) is 18.7 Å². The van der Waals surface area contributed by atoms with Crippen LogP contribution in [0.2, 0.25) is 0 Å². The number of nitrogens with two attached hydrogens (primary N) is 1. The van der Waals surface area contributed by atoms with Gasteiger partial charge in [-0.25, -0.2) is 0 Å². The van der Waals surface area contributed by atoms with Gasteiger partial charge in [0.15, 0.2) is 0 Å². The van der Waals surface area contributed by atoms with Crippen molar-refractivity contribution in [1.29, 1.82) is 5.41 Å². The van der Waals surface area contributed by atoms with Crippen molar-refractivity contribution in [3.05, 3.63) is 29.8 Å². The molecule has 0 aliphatic heterocycles. The molecule has 106 valence electrons. The van der Waals surface area contributed by atoms with Crippen molar-refractivity contribution in [2.45, 2.75) is 20.8 Å². The lowest BCUT2D eigenvalue weighted by atomic mass is 10.2. The Kier molecular flexibility index (Phi) is 6.36. The molecule has 0 saturated carbocycles. The molecular weight excluding hydrogens is 238 g/mol. The molecule has 0 spiro atoms. The molecule has 0 heterocycles. The Morgan fingerprint density at radius 2 is 1.95 bits per heavy atom. The van der Waals surface area contributed by atoms with Crippen LogP contribution in [0.15, 0.2) is 24.3 Å². The van der Waals surface area contributed by atoms with Gasteiger partial charge in [-0.2, -0.15) is 0 Å². The predicted molar refractivity (Wildman–Crippen MR) is 79.9 cm³/mol. The van der Waals surface area contributed by atoms with Crippen molar-refractivity contribution in [3.8, 4) is 5.75 Å². The highest BCUT2D eigenvalue weighted by Gasteiger charge is 2.05. The van der Waals surface area contributed by atoms with Crippen LogP contribution < -0.4 is 10.5 Å². The van der Waals surface area contributed by atoms with Crippen molar-refractivity contribution in [3.63, 3.8) is 0 Å². The lowest BCUT2D eigenvalue weighted by Gasteiger charge is -2.22. The zero-order valence-electron chi connectivity index (χ0n) is 12.1. The second-order valence-corrected chi connectivity index (χ2v) is 5.07. The van der Waals surface area contributed by atoms with E-state index in [4.69, 9.17) is 15.9 Å². The summed E-state index contributed by atoms with van der Waals surface area (Å²) >= 11 is 0. The number of ether oxygens (including phenoxy) is 1. The van der Waals surface area contributed by atoms with Crippen LogP contribution in [0.4, 0.5) is 0 Å². The van der Waals surface area contributed by atoms with E-state index >= 15 is 0 Å². The van der Waals surface area contributed by atoms with Gasteiger partial charge in [0.25, 0.3) is 0 Å². The van der Waals surface area contributed by atoms with Gasteiger partial charge in [-0.15, -0.1) is 0 Å². The molecule has 0 bridgehead atoms. The van der Waals surface area contributed by atoms with Gasteiger partial charge in [0.2, 0.25) is 0 Å². The Morgan fingerprint density at radius 1 is 1.32 bits per heavy atom. The summed E-state index contributed by atoms with van der Waals surface area (Å²) in [5, 5.41) is 7.32. The molecule has 0 saturated heterocycles. The molecule has 4 nitrogen and oxygen atoms in total. The van der Waals surface area contributed by atoms with Gasteiger partial charge < -0.3 is 10.5 Å². The van der Waals surface area contributed by atoms with E-state index in [9.17, 15) is 0 Å². The lowest BCUT2D eigenvalue weighted by molar-refractivity contribution is 0.200. The summed E-state index contributed by atoms with van der Waals surface area (Å²) in [5.74, 6) is 1.58. The maximum absolute atomic E-state index is 7.32. The molecule has 0 fully saturated rings. The number of amidine groups is 1. The minimum absolute atomic E-state index is 0.0839. The van der Waals surface area contributed by atoms with Crippen molar-refractivity contribution >= 4 is 5.84 Å². The molecule has 0 unspecified atom stereocenters. The lowest BCUT2D eigenvalue weighted by Crippen LogP contribution is -2.31. The highest BCUT2D eigenvalue weighted by molar-refractivity contribution is 5.94. The normalized spacial score (nSPS) is 11.0. The first-order valence-corrected chi connectivity index (χ1v) is 6.82. The zero-order chi connectivity index (χ0) is 14.3. The second-order valence-electron chi connectivity index (χ2n) is 5.07. The molecule has 1 aromatic rings. The third kappa shape index (κ3) is 5.75. The van der Waals surface area contributed by atoms with E-state index in [0.717, 1.165) is 30.9 Å². The molecule has 1 aromatic carbocycles. The minimum Gasteiger partial charge on any atom is -0.492 e. The summed E-state index contributed by atoms with van der Waals surface area (Å²) in [5.41, 5.74) is 6.13. The topological polar surface area (TPSA) is 62.3 Å². The first-order chi connectivity index (χ1) is 9.02. The summed E-state index contributed by atoms with van der Waals surface area (Å²) in [6.45, 7) is 10.4. The van der Waals surface area contributed by atoms with Crippen LogP contribution in [-0.4, -0.2) is 37.0 Å². The van der Waals surface area contributed by atoms with E-state index in [0.29, 0.717) is 12.5 Å². The Balaban J connectivity index is 2.37. The quantitative estimate of drug-likeness (QED) is 0.559. The Hall–Kier alpha value is -1.55. The largest absolute Gasteiger partial charge is 0.492 e. The van der Waals surface area contributed by atoms with Gasteiger partial charge in [-0.05, 0) is 36.7 Å². The third-order valence-corrected chi connectivity index (χ3v) is 2.91. The fraction of sp³-hybridized carbons (Fsp3) is 0.533. The van der Waals surface area contributed by atoms with E-state index < -0.39 is 0 Å². The molecule has 0 radical (unpaired) electrons.